The summed E-state index contributed by atoms with van der Waals surface area (Å²) in [7, 11) is 0. The Labute approximate surface area is 144 Å². The van der Waals surface area contributed by atoms with Crippen LogP contribution in [-0.4, -0.2) is 30.2 Å². The highest BCUT2D eigenvalue weighted by atomic mass is 16.6. The van der Waals surface area contributed by atoms with Gasteiger partial charge in [-0.25, -0.2) is 5.43 Å². The van der Waals surface area contributed by atoms with Crippen LogP contribution in [0.2, 0.25) is 0 Å². The van der Waals surface area contributed by atoms with Crippen molar-refractivity contribution in [1.82, 2.24) is 5.43 Å². The number of ether oxygens (including phenoxy) is 1. The van der Waals surface area contributed by atoms with Crippen LogP contribution >= 0.6 is 0 Å². The number of amides is 1. The molecule has 0 unspecified atom stereocenters. The molecule has 0 bridgehead atoms. The van der Waals surface area contributed by atoms with E-state index in [9.17, 15) is 14.9 Å². The van der Waals surface area contributed by atoms with Crippen LogP contribution in [0.15, 0.2) is 53.6 Å². The Balaban J connectivity index is 1.80. The van der Waals surface area contributed by atoms with E-state index in [0.717, 1.165) is 11.4 Å². The fraction of sp³-hybridized carbons (Fsp3) is 0.176. The summed E-state index contributed by atoms with van der Waals surface area (Å²) >= 11 is 0. The predicted octanol–water partition coefficient (Wildman–Crippen LogP) is 2.56. The molecule has 8 heteroatoms. The molecular formula is C17H18N4O4. The number of carbonyl (C=O) groups is 1. The minimum atomic E-state index is -0.489. The van der Waals surface area contributed by atoms with E-state index < -0.39 is 4.92 Å². The SMILES string of the molecule is CCOc1ccc(NCC(=O)NN=Cc2cccc([N+](=O)[O-])c2)cc1. The molecule has 25 heavy (non-hydrogen) atoms. The Morgan fingerprint density at radius 1 is 1.28 bits per heavy atom. The largest absolute Gasteiger partial charge is 0.494 e. The van der Waals surface area contributed by atoms with E-state index >= 15 is 0 Å². The molecule has 2 rings (SSSR count). The van der Waals surface area contributed by atoms with Gasteiger partial charge in [-0.1, -0.05) is 12.1 Å². The molecule has 0 atom stereocenters. The second kappa shape index (κ2) is 9.02. The van der Waals surface area contributed by atoms with Crippen molar-refractivity contribution in [2.75, 3.05) is 18.5 Å². The van der Waals surface area contributed by atoms with Gasteiger partial charge in [0, 0.05) is 23.4 Å². The highest BCUT2D eigenvalue weighted by molar-refractivity contribution is 5.84. The molecule has 2 aromatic carbocycles. The number of rotatable bonds is 8. The predicted molar refractivity (Wildman–Crippen MR) is 94.9 cm³/mol. The zero-order valence-electron chi connectivity index (χ0n) is 13.6. The van der Waals surface area contributed by atoms with E-state index in [1.807, 2.05) is 31.2 Å². The van der Waals surface area contributed by atoms with Crippen molar-refractivity contribution in [3.63, 3.8) is 0 Å². The van der Waals surface area contributed by atoms with Crippen LogP contribution in [0.4, 0.5) is 11.4 Å². The molecule has 0 aromatic heterocycles. The molecule has 0 fully saturated rings. The van der Waals surface area contributed by atoms with Crippen LogP contribution in [0.3, 0.4) is 0 Å². The Kier molecular flexibility index (Phi) is 6.47. The number of nitrogens with zero attached hydrogens (tertiary/aromatic N) is 2. The average molecular weight is 342 g/mol. The van der Waals surface area contributed by atoms with E-state index in [1.165, 1.54) is 18.3 Å². The summed E-state index contributed by atoms with van der Waals surface area (Å²) in [5.41, 5.74) is 3.62. The van der Waals surface area contributed by atoms with Crippen LogP contribution in [0.25, 0.3) is 0 Å². The normalized spacial score (nSPS) is 10.4. The molecule has 0 saturated heterocycles. The van der Waals surface area contributed by atoms with E-state index in [1.54, 1.807) is 12.1 Å². The molecule has 1 amide bonds. The maximum atomic E-state index is 11.7. The first-order chi connectivity index (χ1) is 12.1. The van der Waals surface area contributed by atoms with E-state index in [-0.39, 0.29) is 18.1 Å². The summed E-state index contributed by atoms with van der Waals surface area (Å²) < 4.78 is 5.34. The third-order valence-corrected chi connectivity index (χ3v) is 3.10. The number of nitro benzene ring substituents is 1. The Morgan fingerprint density at radius 2 is 2.04 bits per heavy atom. The Morgan fingerprint density at radius 3 is 2.72 bits per heavy atom. The lowest BCUT2D eigenvalue weighted by Gasteiger charge is -2.07. The van der Waals surface area contributed by atoms with Gasteiger partial charge in [-0.3, -0.25) is 14.9 Å². The molecule has 0 aliphatic heterocycles. The molecule has 0 spiro atoms. The lowest BCUT2D eigenvalue weighted by molar-refractivity contribution is -0.384. The van der Waals surface area contributed by atoms with Crippen LogP contribution in [-0.2, 0) is 4.79 Å². The van der Waals surface area contributed by atoms with Crippen LogP contribution in [0, 0.1) is 10.1 Å². The third-order valence-electron chi connectivity index (χ3n) is 3.10. The second-order valence-electron chi connectivity index (χ2n) is 4.96. The molecule has 130 valence electrons. The molecular weight excluding hydrogens is 324 g/mol. The molecule has 0 aliphatic carbocycles. The summed E-state index contributed by atoms with van der Waals surface area (Å²) in [5.74, 6) is 0.426. The van der Waals surface area contributed by atoms with Gasteiger partial charge < -0.3 is 10.1 Å². The van der Waals surface area contributed by atoms with Crippen LogP contribution in [0.5, 0.6) is 5.75 Å². The fourth-order valence-electron chi connectivity index (χ4n) is 1.96. The number of hydrogen-bond acceptors (Lipinski definition) is 6. The number of nitrogens with one attached hydrogen (secondary N) is 2. The fourth-order valence-corrected chi connectivity index (χ4v) is 1.96. The van der Waals surface area contributed by atoms with E-state index in [2.05, 4.69) is 15.8 Å². The number of nitro groups is 1. The van der Waals surface area contributed by atoms with Crippen molar-refractivity contribution >= 4 is 23.5 Å². The lowest BCUT2D eigenvalue weighted by atomic mass is 10.2. The van der Waals surface area contributed by atoms with Gasteiger partial charge in [-0.2, -0.15) is 5.10 Å². The maximum absolute atomic E-state index is 11.7. The summed E-state index contributed by atoms with van der Waals surface area (Å²) in [4.78, 5) is 21.9. The van der Waals surface area contributed by atoms with E-state index in [4.69, 9.17) is 4.74 Å². The van der Waals surface area contributed by atoms with Crippen LogP contribution in [0.1, 0.15) is 12.5 Å². The van der Waals surface area contributed by atoms with Gasteiger partial charge >= 0.3 is 0 Å². The number of hydrazone groups is 1. The topological polar surface area (TPSA) is 106 Å². The van der Waals surface area contributed by atoms with Gasteiger partial charge in [0.1, 0.15) is 5.75 Å². The summed E-state index contributed by atoms with van der Waals surface area (Å²) in [6, 6.07) is 13.2. The Hall–Kier alpha value is -3.42. The number of anilines is 1. The third kappa shape index (κ3) is 5.94. The van der Waals surface area contributed by atoms with Gasteiger partial charge in [-0.15, -0.1) is 0 Å². The first-order valence-corrected chi connectivity index (χ1v) is 7.61. The summed E-state index contributed by atoms with van der Waals surface area (Å²) in [5, 5.41) is 17.4. The van der Waals surface area contributed by atoms with Gasteiger partial charge in [0.05, 0.1) is 24.3 Å². The van der Waals surface area contributed by atoms with Gasteiger partial charge in [0.15, 0.2) is 0 Å². The molecule has 0 heterocycles. The van der Waals surface area contributed by atoms with Gasteiger partial charge in [0.25, 0.3) is 11.6 Å². The molecule has 8 nitrogen and oxygen atoms in total. The monoisotopic (exact) mass is 342 g/mol. The second-order valence-corrected chi connectivity index (χ2v) is 4.96. The van der Waals surface area contributed by atoms with Crippen molar-refractivity contribution in [3.8, 4) is 5.75 Å². The van der Waals surface area contributed by atoms with Gasteiger partial charge in [-0.05, 0) is 31.2 Å². The lowest BCUT2D eigenvalue weighted by Crippen LogP contribution is -2.25. The zero-order valence-corrected chi connectivity index (χ0v) is 13.6. The summed E-state index contributed by atoms with van der Waals surface area (Å²) in [6.07, 6.45) is 1.35. The standard InChI is InChI=1S/C17H18N4O4/c1-2-25-16-8-6-14(7-9-16)18-12-17(22)20-19-11-13-4-3-5-15(10-13)21(23)24/h3-11,18H,2,12H2,1H3,(H,20,22). The van der Waals surface area contributed by atoms with Crippen LogP contribution < -0.4 is 15.5 Å². The number of hydrogen-bond donors (Lipinski definition) is 2. The number of carbonyl (C=O) groups excluding carboxylic acids is 1. The van der Waals surface area contributed by atoms with Crippen molar-refractivity contribution < 1.29 is 14.5 Å². The van der Waals surface area contributed by atoms with E-state index in [0.29, 0.717) is 12.2 Å². The molecule has 0 radical (unpaired) electrons. The minimum Gasteiger partial charge on any atom is -0.494 e. The smallest absolute Gasteiger partial charge is 0.270 e. The highest BCUT2D eigenvalue weighted by Crippen LogP contribution is 2.15. The zero-order chi connectivity index (χ0) is 18.1. The first kappa shape index (κ1) is 17.9. The molecule has 0 saturated carbocycles. The van der Waals surface area contributed by atoms with Crippen molar-refractivity contribution in [2.45, 2.75) is 6.92 Å². The quantitative estimate of drug-likeness (QED) is 0.436. The molecule has 2 aromatic rings. The molecule has 2 N–H and O–H groups in total. The molecule has 0 aliphatic rings. The minimum absolute atomic E-state index is 0.0348. The van der Waals surface area contributed by atoms with Crippen molar-refractivity contribution in [3.05, 3.63) is 64.2 Å². The summed E-state index contributed by atoms with van der Waals surface area (Å²) in [6.45, 7) is 2.54. The van der Waals surface area contributed by atoms with Crippen molar-refractivity contribution in [2.24, 2.45) is 5.10 Å². The number of benzene rings is 2. The maximum Gasteiger partial charge on any atom is 0.270 e. The van der Waals surface area contributed by atoms with Crippen molar-refractivity contribution in [1.29, 1.82) is 0 Å². The van der Waals surface area contributed by atoms with Gasteiger partial charge in [0.2, 0.25) is 0 Å². The highest BCUT2D eigenvalue weighted by Gasteiger charge is 2.04. The first-order valence-electron chi connectivity index (χ1n) is 7.61. The Bertz CT molecular complexity index is 759. The number of non-ortho nitro benzene ring substituents is 1. The average Bonchev–Trinajstić information content (AvgIpc) is 2.61.